The van der Waals surface area contributed by atoms with Crippen LogP contribution < -0.4 is 0 Å². The van der Waals surface area contributed by atoms with Gasteiger partial charge >= 0.3 is 0 Å². The maximum absolute atomic E-state index is 8.68. The fourth-order valence-corrected chi connectivity index (χ4v) is 1.86. The molecule has 4 heteroatoms. The van der Waals surface area contributed by atoms with Crippen molar-refractivity contribution in [1.29, 1.82) is 5.26 Å². The van der Waals surface area contributed by atoms with E-state index in [-0.39, 0.29) is 0 Å². The largest absolute Gasteiger partial charge is 0.303 e. The highest BCUT2D eigenvalue weighted by Gasteiger charge is 2.03. The van der Waals surface area contributed by atoms with Gasteiger partial charge in [-0.05, 0) is 47.1 Å². The third kappa shape index (κ3) is 1.92. The molecule has 1 aromatic carbocycles. The molecule has 0 aliphatic rings. The zero-order valence-corrected chi connectivity index (χ0v) is 9.69. The number of aromatic nitrogens is 2. The van der Waals surface area contributed by atoms with Gasteiger partial charge in [0.05, 0.1) is 11.6 Å². The minimum absolute atomic E-state index is 0.663. The molecule has 0 aliphatic heterocycles. The van der Waals surface area contributed by atoms with Crippen LogP contribution >= 0.6 is 15.9 Å². The normalized spacial score (nSPS) is 9.93. The topological polar surface area (TPSA) is 41.6 Å². The van der Waals surface area contributed by atoms with E-state index in [0.717, 1.165) is 16.1 Å². The second-order valence-corrected chi connectivity index (χ2v) is 3.95. The average molecular weight is 262 g/mol. The Morgan fingerprint density at radius 1 is 1.33 bits per heavy atom. The van der Waals surface area contributed by atoms with Crippen LogP contribution in [0.15, 0.2) is 35.1 Å². The van der Waals surface area contributed by atoms with E-state index in [2.05, 4.69) is 27.0 Å². The summed E-state index contributed by atoms with van der Waals surface area (Å²) < 4.78 is 2.77. The lowest BCUT2D eigenvalue weighted by molar-refractivity contribution is 0.974. The van der Waals surface area contributed by atoms with Gasteiger partial charge in [0.25, 0.3) is 0 Å². The van der Waals surface area contributed by atoms with Crippen LogP contribution in [0.4, 0.5) is 0 Å². The van der Waals surface area contributed by atoms with Crippen molar-refractivity contribution in [3.63, 3.8) is 0 Å². The molecule has 74 valence electrons. The van der Waals surface area contributed by atoms with Gasteiger partial charge in [0.15, 0.2) is 0 Å². The Labute approximate surface area is 96.1 Å². The van der Waals surface area contributed by atoms with Crippen LogP contribution in [-0.2, 0) is 0 Å². The van der Waals surface area contributed by atoms with E-state index in [4.69, 9.17) is 5.26 Å². The standard InChI is InChI=1S/C11H8BrN3/c1-8-14-11(12)7-15(8)10-4-2-9(6-13)3-5-10/h2-5,7H,1H3. The molecule has 0 radical (unpaired) electrons. The van der Waals surface area contributed by atoms with Crippen LogP contribution in [0, 0.1) is 18.3 Å². The number of hydrogen-bond donors (Lipinski definition) is 0. The van der Waals surface area contributed by atoms with Crippen molar-refractivity contribution < 1.29 is 0 Å². The Hall–Kier alpha value is -1.60. The lowest BCUT2D eigenvalue weighted by atomic mass is 10.2. The number of hydrogen-bond acceptors (Lipinski definition) is 2. The van der Waals surface area contributed by atoms with Crippen molar-refractivity contribution in [3.05, 3.63) is 46.5 Å². The van der Waals surface area contributed by atoms with Gasteiger partial charge in [0.1, 0.15) is 10.4 Å². The Balaban J connectivity index is 2.46. The van der Waals surface area contributed by atoms with Crippen molar-refractivity contribution in [1.82, 2.24) is 9.55 Å². The molecular formula is C11H8BrN3. The smallest absolute Gasteiger partial charge is 0.124 e. The first-order chi connectivity index (χ1) is 7.20. The Bertz CT molecular complexity index is 520. The molecule has 0 atom stereocenters. The fraction of sp³-hybridized carbons (Fsp3) is 0.0909. The van der Waals surface area contributed by atoms with Crippen LogP contribution in [-0.4, -0.2) is 9.55 Å². The van der Waals surface area contributed by atoms with E-state index >= 15 is 0 Å². The molecule has 0 fully saturated rings. The molecule has 15 heavy (non-hydrogen) atoms. The molecule has 0 bridgehead atoms. The fourth-order valence-electron chi connectivity index (χ4n) is 1.40. The van der Waals surface area contributed by atoms with Gasteiger partial charge in [-0.15, -0.1) is 0 Å². The molecular weight excluding hydrogens is 254 g/mol. The van der Waals surface area contributed by atoms with Gasteiger partial charge in [-0.2, -0.15) is 5.26 Å². The zero-order valence-electron chi connectivity index (χ0n) is 8.11. The number of rotatable bonds is 1. The number of imidazole rings is 1. The van der Waals surface area contributed by atoms with Gasteiger partial charge in [-0.25, -0.2) is 4.98 Å². The minimum Gasteiger partial charge on any atom is -0.303 e. The Kier molecular flexibility index (Phi) is 2.57. The highest BCUT2D eigenvalue weighted by molar-refractivity contribution is 9.10. The van der Waals surface area contributed by atoms with Gasteiger partial charge in [0.2, 0.25) is 0 Å². The quantitative estimate of drug-likeness (QED) is 0.792. The predicted octanol–water partition coefficient (Wildman–Crippen LogP) is 2.81. The molecule has 2 rings (SSSR count). The van der Waals surface area contributed by atoms with E-state index in [1.54, 1.807) is 12.1 Å². The van der Waals surface area contributed by atoms with Crippen LogP contribution in [0.3, 0.4) is 0 Å². The number of nitriles is 1. The van der Waals surface area contributed by atoms with E-state index in [0.29, 0.717) is 5.56 Å². The summed E-state index contributed by atoms with van der Waals surface area (Å²) >= 11 is 3.32. The Morgan fingerprint density at radius 2 is 2.00 bits per heavy atom. The summed E-state index contributed by atoms with van der Waals surface area (Å²) in [6.07, 6.45) is 1.90. The zero-order chi connectivity index (χ0) is 10.8. The third-order valence-corrected chi connectivity index (χ3v) is 2.51. The maximum Gasteiger partial charge on any atom is 0.124 e. The molecule has 1 aromatic heterocycles. The molecule has 0 saturated heterocycles. The van der Waals surface area contributed by atoms with E-state index in [9.17, 15) is 0 Å². The molecule has 0 spiro atoms. The first kappa shape index (κ1) is 9.94. The van der Waals surface area contributed by atoms with Gasteiger partial charge < -0.3 is 4.57 Å². The molecule has 0 N–H and O–H groups in total. The van der Waals surface area contributed by atoms with Crippen LogP contribution in [0.2, 0.25) is 0 Å². The lowest BCUT2D eigenvalue weighted by Crippen LogP contribution is -1.94. The first-order valence-corrected chi connectivity index (χ1v) is 5.22. The molecule has 2 aromatic rings. The van der Waals surface area contributed by atoms with Crippen molar-refractivity contribution >= 4 is 15.9 Å². The Morgan fingerprint density at radius 3 is 2.47 bits per heavy atom. The summed E-state index contributed by atoms with van der Waals surface area (Å²) in [5.74, 6) is 0.909. The van der Waals surface area contributed by atoms with Crippen LogP contribution in [0.25, 0.3) is 5.69 Å². The van der Waals surface area contributed by atoms with Crippen LogP contribution in [0.1, 0.15) is 11.4 Å². The number of benzene rings is 1. The average Bonchev–Trinajstić information content (AvgIpc) is 2.58. The lowest BCUT2D eigenvalue weighted by Gasteiger charge is -2.03. The number of halogens is 1. The second kappa shape index (κ2) is 3.87. The van der Waals surface area contributed by atoms with Gasteiger partial charge in [-0.3, -0.25) is 0 Å². The molecule has 0 saturated carbocycles. The third-order valence-electron chi connectivity index (χ3n) is 2.13. The molecule has 3 nitrogen and oxygen atoms in total. The number of aryl methyl sites for hydroxylation is 1. The van der Waals surface area contributed by atoms with E-state index < -0.39 is 0 Å². The van der Waals surface area contributed by atoms with E-state index in [1.165, 1.54) is 0 Å². The second-order valence-electron chi connectivity index (χ2n) is 3.14. The molecule has 0 aliphatic carbocycles. The summed E-state index contributed by atoms with van der Waals surface area (Å²) in [7, 11) is 0. The monoisotopic (exact) mass is 261 g/mol. The highest BCUT2D eigenvalue weighted by Crippen LogP contribution is 2.16. The summed E-state index contributed by atoms with van der Waals surface area (Å²) in [6.45, 7) is 1.93. The van der Waals surface area contributed by atoms with Crippen LogP contribution in [0.5, 0.6) is 0 Å². The first-order valence-electron chi connectivity index (χ1n) is 4.43. The maximum atomic E-state index is 8.68. The summed E-state index contributed by atoms with van der Waals surface area (Å²) in [4.78, 5) is 4.24. The summed E-state index contributed by atoms with van der Waals surface area (Å²) in [6, 6.07) is 9.48. The van der Waals surface area contributed by atoms with Crippen molar-refractivity contribution in [2.75, 3.05) is 0 Å². The summed E-state index contributed by atoms with van der Waals surface area (Å²) in [5, 5.41) is 8.68. The number of nitrogens with zero attached hydrogens (tertiary/aromatic N) is 3. The van der Waals surface area contributed by atoms with Crippen molar-refractivity contribution in [2.24, 2.45) is 0 Å². The molecule has 0 unspecified atom stereocenters. The SMILES string of the molecule is Cc1nc(Br)cn1-c1ccc(C#N)cc1. The van der Waals surface area contributed by atoms with Gasteiger partial charge in [0, 0.05) is 11.9 Å². The highest BCUT2D eigenvalue weighted by atomic mass is 79.9. The summed E-state index contributed by atoms with van der Waals surface area (Å²) in [5.41, 5.74) is 1.67. The molecule has 1 heterocycles. The minimum atomic E-state index is 0.663. The predicted molar refractivity (Wildman–Crippen MR) is 60.7 cm³/mol. The van der Waals surface area contributed by atoms with Crippen molar-refractivity contribution in [2.45, 2.75) is 6.92 Å². The molecule has 0 amide bonds. The van der Waals surface area contributed by atoms with Crippen molar-refractivity contribution in [3.8, 4) is 11.8 Å². The van der Waals surface area contributed by atoms with Gasteiger partial charge in [-0.1, -0.05) is 0 Å². The van der Waals surface area contributed by atoms with E-state index in [1.807, 2.05) is 29.8 Å².